The van der Waals surface area contributed by atoms with Crippen LogP contribution in [0.2, 0.25) is 0 Å². The van der Waals surface area contributed by atoms with E-state index in [-0.39, 0.29) is 23.2 Å². The molecule has 1 unspecified atom stereocenters. The molecule has 0 aromatic heterocycles. The third-order valence-corrected chi connectivity index (χ3v) is 2.85. The first-order chi connectivity index (χ1) is 5.88. The summed E-state index contributed by atoms with van der Waals surface area (Å²) in [5.74, 6) is 0.723. The van der Waals surface area contributed by atoms with Crippen molar-refractivity contribution in [1.82, 2.24) is 4.90 Å². The van der Waals surface area contributed by atoms with E-state index in [0.29, 0.717) is 0 Å². The lowest BCUT2D eigenvalue weighted by molar-refractivity contribution is 0.0903. The maximum atomic E-state index is 9.51. The molecule has 2 heterocycles. The Morgan fingerprint density at radius 3 is 3.23 bits per heavy atom. The Kier molecular flexibility index (Phi) is 4.02. The predicted molar refractivity (Wildman–Crippen MR) is 61.2 cm³/mol. The van der Waals surface area contributed by atoms with Crippen LogP contribution < -0.4 is 0 Å². The van der Waals surface area contributed by atoms with E-state index in [4.69, 9.17) is 0 Å². The summed E-state index contributed by atoms with van der Waals surface area (Å²) in [6.45, 7) is 0.747. The van der Waals surface area contributed by atoms with E-state index in [2.05, 4.69) is 4.99 Å². The maximum absolute atomic E-state index is 9.51. The van der Waals surface area contributed by atoms with Gasteiger partial charge in [0.2, 0.25) is 0 Å². The molecule has 1 N–H and O–H groups in total. The van der Waals surface area contributed by atoms with Crippen LogP contribution in [0.1, 0.15) is 0 Å². The molecule has 1 atom stereocenters. The summed E-state index contributed by atoms with van der Waals surface area (Å²) in [7, 11) is 0. The minimum atomic E-state index is -0.370. The molecule has 0 radical (unpaired) electrons. The highest BCUT2D eigenvalue weighted by Crippen LogP contribution is 2.22. The summed E-state index contributed by atoms with van der Waals surface area (Å²) in [4.78, 5) is 6.10. The van der Waals surface area contributed by atoms with Crippen molar-refractivity contribution >= 4 is 33.9 Å². The number of aliphatic hydroxyl groups is 1. The summed E-state index contributed by atoms with van der Waals surface area (Å²) in [5, 5.41) is 10.4. The number of halogens is 1. The number of hydrogen-bond donors (Lipinski definition) is 1. The van der Waals surface area contributed by atoms with Crippen molar-refractivity contribution in [2.24, 2.45) is 4.99 Å². The number of nitrogens with zero attached hydrogens (tertiary/aromatic N) is 2. The van der Waals surface area contributed by atoms with Gasteiger partial charge < -0.3 is 10.0 Å². The molecule has 1 fully saturated rings. The molecular formula is C8H11BrN2OS. The molecule has 2 aliphatic rings. The molecule has 13 heavy (non-hydrogen) atoms. The van der Waals surface area contributed by atoms with Crippen LogP contribution in [0.25, 0.3) is 0 Å². The van der Waals surface area contributed by atoms with Crippen molar-refractivity contribution in [2.45, 2.75) is 6.23 Å². The van der Waals surface area contributed by atoms with Crippen LogP contribution in [0.5, 0.6) is 0 Å². The van der Waals surface area contributed by atoms with Gasteiger partial charge in [-0.15, -0.1) is 17.0 Å². The van der Waals surface area contributed by atoms with Crippen LogP contribution >= 0.6 is 28.7 Å². The highest BCUT2D eigenvalue weighted by atomic mass is 79.9. The van der Waals surface area contributed by atoms with Gasteiger partial charge in [0.25, 0.3) is 0 Å². The molecule has 0 aromatic carbocycles. The van der Waals surface area contributed by atoms with Crippen molar-refractivity contribution < 1.29 is 5.11 Å². The predicted octanol–water partition coefficient (Wildman–Crippen LogP) is 1.37. The quantitative estimate of drug-likeness (QED) is 0.717. The number of aliphatic hydroxyl groups excluding tert-OH is 1. The van der Waals surface area contributed by atoms with Crippen LogP contribution in [-0.2, 0) is 0 Å². The molecule has 0 bridgehead atoms. The number of fused-ring (bicyclic) bond motifs is 1. The molecule has 2 rings (SSSR count). The first-order valence-corrected chi connectivity index (χ1v) is 4.83. The Bertz CT molecular complexity index is 265. The standard InChI is InChI=1S/C8H10N2OS.BrH/c11-7-6-12-8-9-4-2-1-3-5-10(7)8;/h1-4,7,11H,5-6H2;1H. The smallest absolute Gasteiger partial charge is 0.166 e. The van der Waals surface area contributed by atoms with Crippen LogP contribution in [0.3, 0.4) is 0 Å². The fourth-order valence-electron chi connectivity index (χ4n) is 1.17. The van der Waals surface area contributed by atoms with E-state index in [1.165, 1.54) is 0 Å². The Balaban J connectivity index is 0.000000845. The molecule has 0 aliphatic carbocycles. The lowest BCUT2D eigenvalue weighted by atomic mass is 10.4. The number of aliphatic imine (C=N–C) groups is 1. The SMILES string of the molecule is Br.OC1CSC2=NC=CC=CCN21. The van der Waals surface area contributed by atoms with E-state index < -0.39 is 0 Å². The molecule has 2 aliphatic heterocycles. The van der Waals surface area contributed by atoms with Crippen LogP contribution in [-0.4, -0.2) is 33.7 Å². The third-order valence-electron chi connectivity index (χ3n) is 1.79. The number of hydrogen-bond acceptors (Lipinski definition) is 4. The fraction of sp³-hybridized carbons (Fsp3) is 0.375. The van der Waals surface area contributed by atoms with Gasteiger partial charge in [-0.2, -0.15) is 0 Å². The average Bonchev–Trinajstić information content (AvgIpc) is 2.31. The highest BCUT2D eigenvalue weighted by molar-refractivity contribution is 8.93. The van der Waals surface area contributed by atoms with Gasteiger partial charge in [-0.3, -0.25) is 0 Å². The number of amidine groups is 1. The summed E-state index contributed by atoms with van der Waals surface area (Å²) in [6, 6.07) is 0. The fourth-order valence-corrected chi connectivity index (χ4v) is 2.15. The molecule has 1 saturated heterocycles. The zero-order chi connectivity index (χ0) is 8.39. The number of thioether (sulfide) groups is 1. The van der Waals surface area contributed by atoms with Gasteiger partial charge >= 0.3 is 0 Å². The highest BCUT2D eigenvalue weighted by Gasteiger charge is 2.26. The Morgan fingerprint density at radius 1 is 1.54 bits per heavy atom. The van der Waals surface area contributed by atoms with Crippen LogP contribution in [0, 0.1) is 0 Å². The summed E-state index contributed by atoms with van der Waals surface area (Å²) < 4.78 is 0. The second kappa shape index (κ2) is 4.83. The maximum Gasteiger partial charge on any atom is 0.166 e. The van der Waals surface area contributed by atoms with Crippen LogP contribution in [0.15, 0.2) is 29.4 Å². The van der Waals surface area contributed by atoms with E-state index in [0.717, 1.165) is 17.5 Å². The van der Waals surface area contributed by atoms with Crippen molar-refractivity contribution in [3.8, 4) is 0 Å². The largest absolute Gasteiger partial charge is 0.373 e. The molecule has 0 spiro atoms. The monoisotopic (exact) mass is 262 g/mol. The van der Waals surface area contributed by atoms with Gasteiger partial charge in [0.1, 0.15) is 6.23 Å². The number of allylic oxidation sites excluding steroid dienone is 2. The van der Waals surface area contributed by atoms with Gasteiger partial charge in [-0.1, -0.05) is 23.9 Å². The minimum Gasteiger partial charge on any atom is -0.373 e. The van der Waals surface area contributed by atoms with Crippen molar-refractivity contribution in [3.05, 3.63) is 24.4 Å². The molecule has 0 saturated carbocycles. The molecule has 72 valence electrons. The molecule has 0 amide bonds. The molecule has 3 nitrogen and oxygen atoms in total. The van der Waals surface area contributed by atoms with Gasteiger partial charge in [0, 0.05) is 18.5 Å². The third kappa shape index (κ3) is 2.36. The zero-order valence-electron chi connectivity index (χ0n) is 6.96. The lowest BCUT2D eigenvalue weighted by Gasteiger charge is -2.19. The molecule has 0 aromatic rings. The van der Waals surface area contributed by atoms with E-state index in [1.807, 2.05) is 23.1 Å². The zero-order valence-corrected chi connectivity index (χ0v) is 9.49. The first kappa shape index (κ1) is 10.8. The normalized spacial score (nSPS) is 25.8. The second-order valence-electron chi connectivity index (χ2n) is 2.63. The minimum absolute atomic E-state index is 0. The lowest BCUT2D eigenvalue weighted by Crippen LogP contribution is -2.33. The summed E-state index contributed by atoms with van der Waals surface area (Å²) in [5.41, 5.74) is 0. The van der Waals surface area contributed by atoms with E-state index in [1.54, 1.807) is 18.0 Å². The van der Waals surface area contributed by atoms with Crippen molar-refractivity contribution in [1.29, 1.82) is 0 Å². The van der Waals surface area contributed by atoms with E-state index in [9.17, 15) is 5.11 Å². The van der Waals surface area contributed by atoms with Crippen molar-refractivity contribution in [3.63, 3.8) is 0 Å². The second-order valence-corrected chi connectivity index (χ2v) is 3.61. The average molecular weight is 263 g/mol. The Morgan fingerprint density at radius 2 is 2.38 bits per heavy atom. The summed E-state index contributed by atoms with van der Waals surface area (Å²) in [6.07, 6.45) is 7.24. The van der Waals surface area contributed by atoms with Crippen LogP contribution in [0.4, 0.5) is 0 Å². The van der Waals surface area contributed by atoms with Crippen molar-refractivity contribution in [2.75, 3.05) is 12.3 Å². The molecule has 5 heteroatoms. The number of rotatable bonds is 0. The Hall–Kier alpha value is -0.260. The van der Waals surface area contributed by atoms with Gasteiger partial charge in [0.05, 0.1) is 0 Å². The van der Waals surface area contributed by atoms with Gasteiger partial charge in [0.15, 0.2) is 5.17 Å². The summed E-state index contributed by atoms with van der Waals surface area (Å²) >= 11 is 1.60. The van der Waals surface area contributed by atoms with E-state index >= 15 is 0 Å². The molecular weight excluding hydrogens is 252 g/mol. The Labute approximate surface area is 92.0 Å². The topological polar surface area (TPSA) is 35.8 Å². The van der Waals surface area contributed by atoms with Gasteiger partial charge in [-0.05, 0) is 6.08 Å². The first-order valence-electron chi connectivity index (χ1n) is 3.85. The van der Waals surface area contributed by atoms with Gasteiger partial charge in [-0.25, -0.2) is 4.99 Å².